The molecule has 2 aromatic rings. The van der Waals surface area contributed by atoms with E-state index in [-0.39, 0.29) is 18.0 Å². The number of rotatable bonds is 3. The maximum Gasteiger partial charge on any atom is 0.417 e. The first-order valence-corrected chi connectivity index (χ1v) is 7.27. The summed E-state index contributed by atoms with van der Waals surface area (Å²) in [6, 6.07) is 8.91. The van der Waals surface area contributed by atoms with Gasteiger partial charge in [-0.05, 0) is 48.7 Å². The molecule has 0 heterocycles. The van der Waals surface area contributed by atoms with E-state index in [0.717, 1.165) is 28.8 Å². The van der Waals surface area contributed by atoms with Crippen LogP contribution in [0.4, 0.5) is 18.9 Å². The zero-order chi connectivity index (χ0) is 17.2. The lowest BCUT2D eigenvalue weighted by Crippen LogP contribution is -2.15. The third kappa shape index (κ3) is 4.48. The highest BCUT2D eigenvalue weighted by atomic mass is 35.5. The first-order chi connectivity index (χ1) is 10.7. The molecule has 0 spiro atoms. The van der Waals surface area contributed by atoms with Gasteiger partial charge in [0, 0.05) is 5.69 Å². The number of halogens is 4. The maximum atomic E-state index is 12.8. The van der Waals surface area contributed by atoms with Crippen molar-refractivity contribution >= 4 is 23.2 Å². The van der Waals surface area contributed by atoms with Crippen LogP contribution < -0.4 is 5.32 Å². The van der Waals surface area contributed by atoms with Gasteiger partial charge in [-0.25, -0.2) is 0 Å². The van der Waals surface area contributed by atoms with Crippen LogP contribution in [0.2, 0.25) is 5.02 Å². The van der Waals surface area contributed by atoms with Crippen LogP contribution in [-0.2, 0) is 17.4 Å². The fourth-order valence-electron chi connectivity index (χ4n) is 2.12. The van der Waals surface area contributed by atoms with Gasteiger partial charge >= 0.3 is 6.18 Å². The van der Waals surface area contributed by atoms with Crippen molar-refractivity contribution in [1.29, 1.82) is 0 Å². The predicted octanol–water partition coefficient (Wildman–Crippen LogP) is 5.16. The molecule has 0 saturated heterocycles. The van der Waals surface area contributed by atoms with E-state index in [9.17, 15) is 18.0 Å². The zero-order valence-corrected chi connectivity index (χ0v) is 13.3. The first-order valence-electron chi connectivity index (χ1n) is 6.89. The SMILES string of the molecule is Cc1ccc(CC(=O)Nc2ccc(Cl)c(C(F)(F)F)c2)cc1C. The largest absolute Gasteiger partial charge is 0.417 e. The summed E-state index contributed by atoms with van der Waals surface area (Å²) >= 11 is 5.55. The number of benzene rings is 2. The molecule has 122 valence electrons. The highest BCUT2D eigenvalue weighted by Gasteiger charge is 2.33. The van der Waals surface area contributed by atoms with Crippen molar-refractivity contribution in [3.8, 4) is 0 Å². The van der Waals surface area contributed by atoms with Crippen LogP contribution >= 0.6 is 11.6 Å². The Kier molecular flexibility index (Phi) is 5.00. The third-order valence-corrected chi connectivity index (χ3v) is 3.82. The lowest BCUT2D eigenvalue weighted by atomic mass is 10.0. The summed E-state index contributed by atoms with van der Waals surface area (Å²) in [5, 5.41) is 2.07. The van der Waals surface area contributed by atoms with E-state index in [1.165, 1.54) is 6.07 Å². The van der Waals surface area contributed by atoms with Crippen molar-refractivity contribution in [3.05, 3.63) is 63.7 Å². The number of hydrogen-bond donors (Lipinski definition) is 1. The molecule has 0 aliphatic carbocycles. The Labute approximate surface area is 137 Å². The molecule has 2 aromatic carbocycles. The molecule has 1 N–H and O–H groups in total. The molecule has 0 aromatic heterocycles. The van der Waals surface area contributed by atoms with Gasteiger partial charge in [-0.2, -0.15) is 13.2 Å². The van der Waals surface area contributed by atoms with Crippen molar-refractivity contribution in [2.75, 3.05) is 5.32 Å². The van der Waals surface area contributed by atoms with Gasteiger partial charge in [0.1, 0.15) is 0 Å². The average molecular weight is 342 g/mol. The minimum atomic E-state index is -4.56. The van der Waals surface area contributed by atoms with Crippen LogP contribution in [-0.4, -0.2) is 5.91 Å². The van der Waals surface area contributed by atoms with E-state index in [2.05, 4.69) is 5.32 Å². The lowest BCUT2D eigenvalue weighted by Gasteiger charge is -2.12. The molecule has 0 bridgehead atoms. The normalized spacial score (nSPS) is 11.4. The Hall–Kier alpha value is -2.01. The van der Waals surface area contributed by atoms with Gasteiger partial charge in [0.25, 0.3) is 0 Å². The topological polar surface area (TPSA) is 29.1 Å². The number of hydrogen-bond acceptors (Lipinski definition) is 1. The molecule has 0 fully saturated rings. The summed E-state index contributed by atoms with van der Waals surface area (Å²) in [6.07, 6.45) is -4.48. The Morgan fingerprint density at radius 2 is 1.78 bits per heavy atom. The van der Waals surface area contributed by atoms with E-state index in [1.807, 2.05) is 32.0 Å². The Bertz CT molecular complexity index is 741. The monoisotopic (exact) mass is 341 g/mol. The molecule has 0 unspecified atom stereocenters. The number of anilines is 1. The molecular weight excluding hydrogens is 327 g/mol. The zero-order valence-electron chi connectivity index (χ0n) is 12.6. The minimum absolute atomic E-state index is 0.0653. The lowest BCUT2D eigenvalue weighted by molar-refractivity contribution is -0.137. The van der Waals surface area contributed by atoms with Crippen LogP contribution in [0.15, 0.2) is 36.4 Å². The summed E-state index contributed by atoms with van der Waals surface area (Å²) in [5.74, 6) is -0.385. The van der Waals surface area contributed by atoms with E-state index >= 15 is 0 Å². The van der Waals surface area contributed by atoms with E-state index in [0.29, 0.717) is 0 Å². The summed E-state index contributed by atoms with van der Waals surface area (Å²) in [7, 11) is 0. The number of alkyl halides is 3. The fourth-order valence-corrected chi connectivity index (χ4v) is 2.35. The Balaban J connectivity index is 2.12. The van der Waals surface area contributed by atoms with Crippen LogP contribution in [0.25, 0.3) is 0 Å². The fraction of sp³-hybridized carbons (Fsp3) is 0.235. The molecule has 0 saturated carbocycles. The molecule has 23 heavy (non-hydrogen) atoms. The quantitative estimate of drug-likeness (QED) is 0.821. The summed E-state index contributed by atoms with van der Waals surface area (Å²) < 4.78 is 38.4. The molecule has 0 atom stereocenters. The minimum Gasteiger partial charge on any atom is -0.326 e. The number of nitrogens with one attached hydrogen (secondary N) is 1. The highest BCUT2D eigenvalue weighted by Crippen LogP contribution is 2.36. The first kappa shape index (κ1) is 17.3. The molecule has 2 rings (SSSR count). The van der Waals surface area contributed by atoms with Gasteiger partial charge in [-0.3, -0.25) is 4.79 Å². The van der Waals surface area contributed by atoms with E-state index < -0.39 is 16.8 Å². The third-order valence-electron chi connectivity index (χ3n) is 3.49. The van der Waals surface area contributed by atoms with Gasteiger partial charge in [-0.1, -0.05) is 29.8 Å². The van der Waals surface area contributed by atoms with Crippen LogP contribution in [0, 0.1) is 13.8 Å². The number of carbonyl (C=O) groups excluding carboxylic acids is 1. The Morgan fingerprint density at radius 1 is 1.09 bits per heavy atom. The highest BCUT2D eigenvalue weighted by molar-refractivity contribution is 6.31. The molecule has 0 aliphatic rings. The molecular formula is C17H15ClF3NO. The molecule has 6 heteroatoms. The van der Waals surface area contributed by atoms with Gasteiger partial charge in [0.05, 0.1) is 17.0 Å². The number of amides is 1. The second-order valence-electron chi connectivity index (χ2n) is 5.34. The van der Waals surface area contributed by atoms with Crippen molar-refractivity contribution in [1.82, 2.24) is 0 Å². The second kappa shape index (κ2) is 6.62. The molecule has 0 radical (unpaired) electrons. The molecule has 2 nitrogen and oxygen atoms in total. The second-order valence-corrected chi connectivity index (χ2v) is 5.74. The van der Waals surface area contributed by atoms with Crippen molar-refractivity contribution in [2.24, 2.45) is 0 Å². The Morgan fingerprint density at radius 3 is 2.39 bits per heavy atom. The maximum absolute atomic E-state index is 12.8. The van der Waals surface area contributed by atoms with Crippen molar-refractivity contribution in [3.63, 3.8) is 0 Å². The number of carbonyl (C=O) groups is 1. The van der Waals surface area contributed by atoms with Crippen molar-refractivity contribution < 1.29 is 18.0 Å². The molecule has 0 aliphatic heterocycles. The summed E-state index contributed by atoms with van der Waals surface area (Å²) in [6.45, 7) is 3.90. The summed E-state index contributed by atoms with van der Waals surface area (Å²) in [4.78, 5) is 12.0. The smallest absolute Gasteiger partial charge is 0.326 e. The van der Waals surface area contributed by atoms with Crippen LogP contribution in [0.1, 0.15) is 22.3 Å². The van der Waals surface area contributed by atoms with Crippen LogP contribution in [0.3, 0.4) is 0 Å². The predicted molar refractivity (Wildman–Crippen MR) is 84.7 cm³/mol. The van der Waals surface area contributed by atoms with Gasteiger partial charge in [-0.15, -0.1) is 0 Å². The number of aryl methyl sites for hydroxylation is 2. The van der Waals surface area contributed by atoms with E-state index in [1.54, 1.807) is 0 Å². The van der Waals surface area contributed by atoms with E-state index in [4.69, 9.17) is 11.6 Å². The standard InChI is InChI=1S/C17H15ClF3NO/c1-10-3-4-12(7-11(10)2)8-16(23)22-13-5-6-15(18)14(9-13)17(19,20)21/h3-7,9H,8H2,1-2H3,(H,22,23). The van der Waals surface area contributed by atoms with Gasteiger partial charge < -0.3 is 5.32 Å². The van der Waals surface area contributed by atoms with Crippen molar-refractivity contribution in [2.45, 2.75) is 26.4 Å². The van der Waals surface area contributed by atoms with Gasteiger partial charge in [0.2, 0.25) is 5.91 Å². The van der Waals surface area contributed by atoms with Gasteiger partial charge in [0.15, 0.2) is 0 Å². The van der Waals surface area contributed by atoms with Crippen LogP contribution in [0.5, 0.6) is 0 Å². The average Bonchev–Trinajstić information content (AvgIpc) is 2.44. The summed E-state index contributed by atoms with van der Waals surface area (Å²) in [5.41, 5.74) is 2.07. The molecule has 1 amide bonds.